The van der Waals surface area contributed by atoms with Crippen molar-refractivity contribution in [3.63, 3.8) is 0 Å². The van der Waals surface area contributed by atoms with Crippen LogP contribution in [0.1, 0.15) is 83.3 Å². The molecule has 5 heteroatoms. The first-order valence-electron chi connectivity index (χ1n) is 10.8. The molecule has 0 radical (unpaired) electrons. The quantitative estimate of drug-likeness (QED) is 0.257. The molecule has 1 atom stereocenters. The normalized spacial score (nSPS) is 15.4. The molecule has 5 nitrogen and oxygen atoms in total. The van der Waals surface area contributed by atoms with E-state index < -0.39 is 11.9 Å². The molecule has 0 amide bonds. The molecule has 0 fully saturated rings. The van der Waals surface area contributed by atoms with Crippen LogP contribution in [0.5, 0.6) is 11.5 Å². The van der Waals surface area contributed by atoms with E-state index in [1.54, 1.807) is 6.08 Å². The number of rotatable bonds is 8. The molecule has 0 aromatic heterocycles. The molecular formula is C25H36O5. The van der Waals surface area contributed by atoms with Crippen LogP contribution in [0.15, 0.2) is 36.4 Å². The number of unbranched alkanes of at least 4 members (excludes halogenated alkanes) is 2. The third-order valence-corrected chi connectivity index (χ3v) is 4.76. The molecular weight excluding hydrogens is 380 g/mol. The minimum atomic E-state index is -0.405. The van der Waals surface area contributed by atoms with Gasteiger partial charge < -0.3 is 14.6 Å². The maximum absolute atomic E-state index is 11.7. The zero-order chi connectivity index (χ0) is 22.5. The molecule has 0 heterocycles. The molecule has 2 rings (SSSR count). The Labute approximate surface area is 180 Å². The van der Waals surface area contributed by atoms with E-state index in [0.717, 1.165) is 56.1 Å². The number of aliphatic hydroxyl groups excluding tert-OH is 1. The number of hydrogen-bond donors (Lipinski definition) is 1. The topological polar surface area (TPSA) is 72.8 Å². The van der Waals surface area contributed by atoms with Gasteiger partial charge in [0, 0.05) is 25.3 Å². The van der Waals surface area contributed by atoms with Crippen molar-refractivity contribution >= 4 is 11.9 Å². The summed E-state index contributed by atoms with van der Waals surface area (Å²) < 4.78 is 11.0. The molecule has 30 heavy (non-hydrogen) atoms. The predicted octanol–water partition coefficient (Wildman–Crippen LogP) is 5.65. The second-order valence-corrected chi connectivity index (χ2v) is 7.54. The summed E-state index contributed by atoms with van der Waals surface area (Å²) >= 11 is 0. The lowest BCUT2D eigenvalue weighted by atomic mass is 9.84. The number of benzene rings is 1. The highest BCUT2D eigenvalue weighted by Crippen LogP contribution is 2.43. The Bertz CT molecular complexity index is 711. The Balaban J connectivity index is 0.00000141. The van der Waals surface area contributed by atoms with E-state index in [1.807, 2.05) is 25.1 Å². The lowest BCUT2D eigenvalue weighted by Crippen LogP contribution is -2.13. The van der Waals surface area contributed by atoms with Gasteiger partial charge in [-0.15, -0.1) is 6.58 Å². The van der Waals surface area contributed by atoms with Gasteiger partial charge in [-0.2, -0.15) is 0 Å². The minimum Gasteiger partial charge on any atom is -0.426 e. The molecule has 1 aromatic rings. The molecule has 1 aromatic carbocycles. The van der Waals surface area contributed by atoms with Crippen LogP contribution in [0.25, 0.3) is 0 Å². The number of ether oxygens (including phenoxy) is 2. The highest BCUT2D eigenvalue weighted by atomic mass is 16.5. The molecule has 0 spiro atoms. The molecule has 0 saturated heterocycles. The predicted molar refractivity (Wildman–Crippen MR) is 120 cm³/mol. The second-order valence-electron chi connectivity index (χ2n) is 7.54. The molecule has 0 aliphatic heterocycles. The van der Waals surface area contributed by atoms with E-state index >= 15 is 0 Å². The van der Waals surface area contributed by atoms with Crippen LogP contribution in [0.2, 0.25) is 0 Å². The van der Waals surface area contributed by atoms with Crippen LogP contribution in [-0.4, -0.2) is 23.7 Å². The summed E-state index contributed by atoms with van der Waals surface area (Å²) in [6.07, 6.45) is 10.5. The van der Waals surface area contributed by atoms with Crippen molar-refractivity contribution in [2.24, 2.45) is 0 Å². The van der Waals surface area contributed by atoms with Crippen molar-refractivity contribution in [2.45, 2.75) is 78.6 Å². The molecule has 166 valence electrons. The van der Waals surface area contributed by atoms with Gasteiger partial charge in [-0.05, 0) is 62.3 Å². The number of esters is 2. The zero-order valence-electron chi connectivity index (χ0n) is 18.8. The van der Waals surface area contributed by atoms with Gasteiger partial charge in [0.25, 0.3) is 0 Å². The molecule has 1 aliphatic rings. The fraction of sp³-hybridized carbons (Fsp3) is 0.520. The third-order valence-electron chi connectivity index (χ3n) is 4.76. The molecule has 1 aliphatic carbocycles. The summed E-state index contributed by atoms with van der Waals surface area (Å²) in [5.41, 5.74) is 2.66. The van der Waals surface area contributed by atoms with Crippen molar-refractivity contribution in [3.05, 3.63) is 47.6 Å². The summed E-state index contributed by atoms with van der Waals surface area (Å²) in [5, 5.41) is 9.51. The van der Waals surface area contributed by atoms with Gasteiger partial charge in [-0.1, -0.05) is 31.9 Å². The van der Waals surface area contributed by atoms with Crippen molar-refractivity contribution in [3.8, 4) is 11.5 Å². The Hall–Kier alpha value is -2.40. The van der Waals surface area contributed by atoms with E-state index in [2.05, 4.69) is 13.5 Å². The SMILES string of the molecule is C=CC.CCCCCc1cc(OC(C)=O)c(C2C=C(CO)CCC2)c(OC(C)=O)c1. The number of aryl methyl sites for hydroxylation is 1. The standard InChI is InChI=1S/C22H30O5.C3H6/c1-4-5-6-8-17-12-20(26-15(2)24)22(21(13-17)27-16(3)25)19-10-7-9-18(11-19)14-23;1-3-2/h11-13,19,23H,4-10,14H2,1-3H3;3H,1H2,2H3. The monoisotopic (exact) mass is 416 g/mol. The Kier molecular flexibility index (Phi) is 11.8. The highest BCUT2D eigenvalue weighted by molar-refractivity contribution is 5.73. The number of carbonyl (C=O) groups excluding carboxylic acids is 2. The Morgan fingerprint density at radius 2 is 1.73 bits per heavy atom. The van der Waals surface area contributed by atoms with E-state index in [9.17, 15) is 14.7 Å². The maximum atomic E-state index is 11.7. The third kappa shape index (κ3) is 8.54. The van der Waals surface area contributed by atoms with Gasteiger partial charge in [0.05, 0.1) is 6.61 Å². The smallest absolute Gasteiger partial charge is 0.308 e. The fourth-order valence-electron chi connectivity index (χ4n) is 3.58. The first-order chi connectivity index (χ1) is 14.4. The van der Waals surface area contributed by atoms with Crippen LogP contribution >= 0.6 is 0 Å². The van der Waals surface area contributed by atoms with Crippen molar-refractivity contribution in [2.75, 3.05) is 6.61 Å². The first kappa shape index (κ1) is 25.6. The lowest BCUT2D eigenvalue weighted by molar-refractivity contribution is -0.132. The molecule has 0 saturated carbocycles. The Morgan fingerprint density at radius 3 is 2.20 bits per heavy atom. The number of hydrogen-bond acceptors (Lipinski definition) is 5. The van der Waals surface area contributed by atoms with E-state index in [-0.39, 0.29) is 12.5 Å². The number of carbonyl (C=O) groups is 2. The van der Waals surface area contributed by atoms with Gasteiger partial charge in [-0.25, -0.2) is 0 Å². The molecule has 1 N–H and O–H groups in total. The van der Waals surface area contributed by atoms with Crippen molar-refractivity contribution < 1.29 is 24.2 Å². The molecule has 0 bridgehead atoms. The van der Waals surface area contributed by atoms with E-state index in [0.29, 0.717) is 17.1 Å². The van der Waals surface area contributed by atoms with Crippen molar-refractivity contribution in [1.82, 2.24) is 0 Å². The van der Waals surface area contributed by atoms with Gasteiger partial charge in [0.1, 0.15) is 11.5 Å². The summed E-state index contributed by atoms with van der Waals surface area (Å²) in [6.45, 7) is 10.1. The van der Waals surface area contributed by atoms with Crippen LogP contribution in [-0.2, 0) is 16.0 Å². The average Bonchev–Trinajstić information content (AvgIpc) is 2.68. The van der Waals surface area contributed by atoms with Gasteiger partial charge in [0.15, 0.2) is 0 Å². The first-order valence-corrected chi connectivity index (χ1v) is 10.8. The van der Waals surface area contributed by atoms with Crippen molar-refractivity contribution in [1.29, 1.82) is 0 Å². The maximum Gasteiger partial charge on any atom is 0.308 e. The summed E-state index contributed by atoms with van der Waals surface area (Å²) in [7, 11) is 0. The highest BCUT2D eigenvalue weighted by Gasteiger charge is 2.25. The minimum absolute atomic E-state index is 0.0113. The fourth-order valence-corrected chi connectivity index (χ4v) is 3.58. The van der Waals surface area contributed by atoms with Crippen LogP contribution in [0, 0.1) is 0 Å². The summed E-state index contributed by atoms with van der Waals surface area (Å²) in [4.78, 5) is 23.4. The summed E-state index contributed by atoms with van der Waals surface area (Å²) in [6, 6.07) is 3.78. The molecule has 1 unspecified atom stereocenters. The number of aliphatic hydroxyl groups is 1. The average molecular weight is 417 g/mol. The van der Waals surface area contributed by atoms with Crippen LogP contribution in [0.4, 0.5) is 0 Å². The van der Waals surface area contributed by atoms with Gasteiger partial charge in [-0.3, -0.25) is 9.59 Å². The Morgan fingerprint density at radius 1 is 1.17 bits per heavy atom. The number of allylic oxidation sites excluding steroid dienone is 2. The van der Waals surface area contributed by atoms with Crippen LogP contribution < -0.4 is 9.47 Å². The summed E-state index contributed by atoms with van der Waals surface area (Å²) in [5.74, 6) is 0.0338. The lowest BCUT2D eigenvalue weighted by Gasteiger charge is -2.25. The largest absolute Gasteiger partial charge is 0.426 e. The van der Waals surface area contributed by atoms with Gasteiger partial charge >= 0.3 is 11.9 Å². The van der Waals surface area contributed by atoms with E-state index in [4.69, 9.17) is 9.47 Å². The second kappa shape index (κ2) is 13.8. The van der Waals surface area contributed by atoms with Gasteiger partial charge in [0.2, 0.25) is 0 Å². The van der Waals surface area contributed by atoms with Crippen LogP contribution in [0.3, 0.4) is 0 Å². The zero-order valence-corrected chi connectivity index (χ0v) is 18.8. The van der Waals surface area contributed by atoms with E-state index in [1.165, 1.54) is 13.8 Å².